The number of aliphatic imine (C=N–C) groups is 1. The Kier molecular flexibility index (Phi) is 12.5. The predicted octanol–water partition coefficient (Wildman–Crippen LogP) is 2.78. The molecule has 1 rings (SSSR count). The Hall–Kier alpha value is 0.110. The Labute approximate surface area is 174 Å². The molecule has 1 aliphatic heterocycles. The summed E-state index contributed by atoms with van der Waals surface area (Å²) in [7, 11) is -0.837. The lowest BCUT2D eigenvalue weighted by Gasteiger charge is -2.24. The number of nitrogens with zero attached hydrogens (tertiary/aromatic N) is 3. The summed E-state index contributed by atoms with van der Waals surface area (Å²) in [5.74, 6) is 2.35. The van der Waals surface area contributed by atoms with Crippen LogP contribution in [0.15, 0.2) is 4.99 Å². The van der Waals surface area contributed by atoms with Crippen LogP contribution in [0.25, 0.3) is 0 Å². The fraction of sp³-hybridized carbons (Fsp3) is 0.944. The SMILES string of the molecule is CCNC(=NCCS(=O)C(C)(C)C)N1CCC(CN(CC)CC)C1.I. The van der Waals surface area contributed by atoms with E-state index < -0.39 is 10.8 Å². The van der Waals surface area contributed by atoms with E-state index in [1.54, 1.807) is 0 Å². The van der Waals surface area contributed by atoms with E-state index >= 15 is 0 Å². The molecule has 0 amide bonds. The van der Waals surface area contributed by atoms with Crippen LogP contribution in [0.1, 0.15) is 48.0 Å². The summed E-state index contributed by atoms with van der Waals surface area (Å²) in [6.07, 6.45) is 1.23. The van der Waals surface area contributed by atoms with Gasteiger partial charge in [0.1, 0.15) is 0 Å². The van der Waals surface area contributed by atoms with Gasteiger partial charge in [0.25, 0.3) is 0 Å². The molecule has 0 aliphatic carbocycles. The second-order valence-corrected chi connectivity index (χ2v) is 9.81. The van der Waals surface area contributed by atoms with E-state index in [1.165, 1.54) is 13.0 Å². The second kappa shape index (κ2) is 12.5. The predicted molar refractivity (Wildman–Crippen MR) is 122 cm³/mol. The third-order valence-electron chi connectivity index (χ3n) is 4.55. The molecule has 1 N–H and O–H groups in total. The van der Waals surface area contributed by atoms with Crippen LogP contribution in [-0.4, -0.2) is 76.3 Å². The highest BCUT2D eigenvalue weighted by atomic mass is 127. The quantitative estimate of drug-likeness (QED) is 0.326. The number of guanidine groups is 1. The van der Waals surface area contributed by atoms with Crippen LogP contribution >= 0.6 is 24.0 Å². The molecule has 0 bridgehead atoms. The Morgan fingerprint density at radius 1 is 1.28 bits per heavy atom. The van der Waals surface area contributed by atoms with Gasteiger partial charge in [0.15, 0.2) is 5.96 Å². The molecule has 0 aromatic heterocycles. The van der Waals surface area contributed by atoms with Crippen molar-refractivity contribution in [2.24, 2.45) is 10.9 Å². The first-order valence-electron chi connectivity index (χ1n) is 9.45. The van der Waals surface area contributed by atoms with Gasteiger partial charge in [-0.3, -0.25) is 9.20 Å². The van der Waals surface area contributed by atoms with Crippen LogP contribution in [0.5, 0.6) is 0 Å². The summed E-state index contributed by atoms with van der Waals surface area (Å²) in [4.78, 5) is 9.61. The summed E-state index contributed by atoms with van der Waals surface area (Å²) in [6.45, 7) is 19.7. The van der Waals surface area contributed by atoms with Gasteiger partial charge in [-0.1, -0.05) is 13.8 Å². The Bertz CT molecular complexity index is 422. The Morgan fingerprint density at radius 3 is 2.44 bits per heavy atom. The van der Waals surface area contributed by atoms with Gasteiger partial charge in [-0.2, -0.15) is 0 Å². The van der Waals surface area contributed by atoms with Crippen LogP contribution in [0.3, 0.4) is 0 Å². The van der Waals surface area contributed by atoms with E-state index in [0.717, 1.165) is 44.6 Å². The number of rotatable bonds is 8. The first-order valence-corrected chi connectivity index (χ1v) is 10.8. The maximum absolute atomic E-state index is 12.2. The van der Waals surface area contributed by atoms with Crippen LogP contribution in [0, 0.1) is 5.92 Å². The monoisotopic (exact) mass is 486 g/mol. The maximum atomic E-state index is 12.2. The molecule has 0 spiro atoms. The molecule has 2 atom stereocenters. The Balaban J connectivity index is 0.00000576. The van der Waals surface area contributed by atoms with Gasteiger partial charge in [0.05, 0.1) is 6.54 Å². The smallest absolute Gasteiger partial charge is 0.193 e. The maximum Gasteiger partial charge on any atom is 0.193 e. The zero-order valence-electron chi connectivity index (χ0n) is 17.0. The molecular weight excluding hydrogens is 447 g/mol. The van der Waals surface area contributed by atoms with Crippen molar-refractivity contribution in [2.75, 3.05) is 51.6 Å². The van der Waals surface area contributed by atoms with E-state index in [1.807, 2.05) is 20.8 Å². The second-order valence-electron chi connectivity index (χ2n) is 7.48. The van der Waals surface area contributed by atoms with Crippen LogP contribution in [0.2, 0.25) is 0 Å². The molecule has 2 unspecified atom stereocenters. The average Bonchev–Trinajstić information content (AvgIpc) is 2.99. The topological polar surface area (TPSA) is 47.9 Å². The number of halogens is 1. The highest BCUT2D eigenvalue weighted by Crippen LogP contribution is 2.18. The number of likely N-dealkylation sites (tertiary alicyclic amines) is 1. The van der Waals surface area contributed by atoms with Gasteiger partial charge < -0.3 is 15.1 Å². The van der Waals surface area contributed by atoms with Gasteiger partial charge in [0.2, 0.25) is 0 Å². The van der Waals surface area contributed by atoms with Crippen molar-refractivity contribution in [1.82, 2.24) is 15.1 Å². The lowest BCUT2D eigenvalue weighted by Crippen LogP contribution is -2.41. The van der Waals surface area contributed by atoms with Crippen LogP contribution < -0.4 is 5.32 Å². The van der Waals surface area contributed by atoms with Crippen LogP contribution in [-0.2, 0) is 10.8 Å². The van der Waals surface area contributed by atoms with Crippen molar-refractivity contribution in [3.63, 3.8) is 0 Å². The van der Waals surface area contributed by atoms with E-state index in [2.05, 4.69) is 35.9 Å². The summed E-state index contributed by atoms with van der Waals surface area (Å²) in [5, 5.41) is 3.40. The molecular formula is C18H39IN4OS. The fourth-order valence-corrected chi connectivity index (χ4v) is 3.86. The first kappa shape index (κ1) is 25.1. The van der Waals surface area contributed by atoms with E-state index in [0.29, 0.717) is 12.3 Å². The molecule has 5 nitrogen and oxygen atoms in total. The standard InChI is InChI=1S/C18H38N4OS.HI/c1-7-19-17(20-11-13-24(23)18(4,5)6)22-12-10-16(15-22)14-21(8-2)9-3;/h16H,7-15H2,1-6H3,(H,19,20);1H. The van der Waals surface area contributed by atoms with Gasteiger partial charge in [-0.15, -0.1) is 24.0 Å². The molecule has 1 fully saturated rings. The van der Waals surface area contributed by atoms with E-state index in [4.69, 9.17) is 4.99 Å². The fourth-order valence-electron chi connectivity index (χ4n) is 2.99. The minimum Gasteiger partial charge on any atom is -0.357 e. The van der Waals surface area contributed by atoms with Crippen molar-refractivity contribution < 1.29 is 4.21 Å². The first-order chi connectivity index (χ1) is 11.3. The zero-order chi connectivity index (χ0) is 18.2. The Morgan fingerprint density at radius 2 is 1.92 bits per heavy atom. The molecule has 0 radical (unpaired) electrons. The number of hydrogen-bond acceptors (Lipinski definition) is 3. The minimum absolute atomic E-state index is 0. The lowest BCUT2D eigenvalue weighted by atomic mass is 10.1. The molecule has 0 aromatic carbocycles. The molecule has 1 heterocycles. The van der Waals surface area contributed by atoms with Crippen molar-refractivity contribution in [2.45, 2.75) is 52.7 Å². The molecule has 150 valence electrons. The van der Waals surface area contributed by atoms with Gasteiger partial charge >= 0.3 is 0 Å². The molecule has 1 saturated heterocycles. The highest BCUT2D eigenvalue weighted by Gasteiger charge is 2.26. The minimum atomic E-state index is -0.837. The largest absolute Gasteiger partial charge is 0.357 e. The summed E-state index contributed by atoms with van der Waals surface area (Å²) < 4.78 is 12.0. The van der Waals surface area contributed by atoms with Gasteiger partial charge in [-0.05, 0) is 53.1 Å². The normalized spacial score (nSPS) is 19.9. The third-order valence-corrected chi connectivity index (χ3v) is 6.47. The van der Waals surface area contributed by atoms with Crippen molar-refractivity contribution in [3.8, 4) is 0 Å². The summed E-state index contributed by atoms with van der Waals surface area (Å²) >= 11 is 0. The average molecular weight is 487 g/mol. The number of hydrogen-bond donors (Lipinski definition) is 1. The van der Waals surface area contributed by atoms with E-state index in [-0.39, 0.29) is 28.7 Å². The summed E-state index contributed by atoms with van der Waals surface area (Å²) in [5.41, 5.74) is 0. The molecule has 1 aliphatic rings. The van der Waals surface area contributed by atoms with Gasteiger partial charge in [0, 0.05) is 47.5 Å². The van der Waals surface area contributed by atoms with E-state index in [9.17, 15) is 4.21 Å². The van der Waals surface area contributed by atoms with Crippen molar-refractivity contribution in [1.29, 1.82) is 0 Å². The molecule has 0 saturated carbocycles. The van der Waals surface area contributed by atoms with Crippen LogP contribution in [0.4, 0.5) is 0 Å². The molecule has 25 heavy (non-hydrogen) atoms. The number of nitrogens with one attached hydrogen (secondary N) is 1. The lowest BCUT2D eigenvalue weighted by molar-refractivity contribution is 0.255. The van der Waals surface area contributed by atoms with Crippen molar-refractivity contribution >= 4 is 40.7 Å². The molecule has 7 heteroatoms. The van der Waals surface area contributed by atoms with Gasteiger partial charge in [-0.25, -0.2) is 0 Å². The summed E-state index contributed by atoms with van der Waals surface area (Å²) in [6, 6.07) is 0. The third kappa shape index (κ3) is 9.04. The highest BCUT2D eigenvalue weighted by molar-refractivity contribution is 14.0. The molecule has 0 aromatic rings. The zero-order valence-corrected chi connectivity index (χ0v) is 20.2. The van der Waals surface area contributed by atoms with Crippen molar-refractivity contribution in [3.05, 3.63) is 0 Å².